The quantitative estimate of drug-likeness (QED) is 0.501. The third kappa shape index (κ3) is 0.966. The summed E-state index contributed by atoms with van der Waals surface area (Å²) in [5.41, 5.74) is 6.79. The molecule has 5 nitrogen and oxygen atoms in total. The van der Waals surface area contributed by atoms with Gasteiger partial charge in [-0.3, -0.25) is 0 Å². The first-order valence-electron chi connectivity index (χ1n) is 2.96. The number of H-pyrrole nitrogens is 2. The maximum atomic E-state index is 5.39. The fourth-order valence-corrected chi connectivity index (χ4v) is 1.00. The minimum atomic E-state index is 0.360. The summed E-state index contributed by atoms with van der Waals surface area (Å²) in [6.45, 7) is 0. The molecule has 0 spiro atoms. The Morgan fingerprint density at radius 1 is 1.45 bits per heavy atom. The van der Waals surface area contributed by atoms with Gasteiger partial charge in [0.15, 0.2) is 16.4 Å². The molecule has 2 heterocycles. The summed E-state index contributed by atoms with van der Waals surface area (Å²) in [5, 5.41) is 0. The predicted octanol–water partition coefficient (Wildman–Crippen LogP) is 0.598. The van der Waals surface area contributed by atoms with Gasteiger partial charge in [-0.15, -0.1) is 0 Å². The molecular weight excluding hydrogens is 162 g/mol. The smallest absolute Gasteiger partial charge is 0.200 e. The summed E-state index contributed by atoms with van der Waals surface area (Å²) in [4.78, 5) is 13.4. The Kier molecular flexibility index (Phi) is 1.16. The molecule has 0 aliphatic carbocycles. The van der Waals surface area contributed by atoms with Gasteiger partial charge in [0, 0.05) is 0 Å². The van der Waals surface area contributed by atoms with Gasteiger partial charge in [-0.1, -0.05) is 0 Å². The van der Waals surface area contributed by atoms with E-state index in [1.54, 1.807) is 6.20 Å². The first kappa shape index (κ1) is 6.29. The van der Waals surface area contributed by atoms with Crippen LogP contribution in [0.1, 0.15) is 0 Å². The molecule has 0 bridgehead atoms. The standard InChI is InChI=1S/C5H5N5S/c6-4-8-2-1-7-5(11)10-3(2)9-4/h1H,(H4,6,7,8,9,10,11). The molecule has 56 valence electrons. The molecule has 0 radical (unpaired) electrons. The van der Waals surface area contributed by atoms with Crippen LogP contribution >= 0.6 is 12.2 Å². The van der Waals surface area contributed by atoms with Crippen LogP contribution in [0.2, 0.25) is 0 Å². The van der Waals surface area contributed by atoms with Crippen molar-refractivity contribution in [1.29, 1.82) is 0 Å². The van der Waals surface area contributed by atoms with Gasteiger partial charge in [-0.2, -0.15) is 4.98 Å². The van der Waals surface area contributed by atoms with Crippen LogP contribution in [0.4, 0.5) is 5.95 Å². The third-order valence-corrected chi connectivity index (χ3v) is 1.49. The van der Waals surface area contributed by atoms with Crippen molar-refractivity contribution in [3.05, 3.63) is 11.0 Å². The molecule has 2 aromatic rings. The van der Waals surface area contributed by atoms with E-state index in [4.69, 9.17) is 18.0 Å². The number of aromatic nitrogens is 4. The number of hydrogen-bond donors (Lipinski definition) is 3. The van der Waals surface area contributed by atoms with Crippen molar-refractivity contribution in [2.75, 3.05) is 5.73 Å². The molecule has 0 unspecified atom stereocenters. The first-order valence-corrected chi connectivity index (χ1v) is 3.37. The zero-order chi connectivity index (χ0) is 7.84. The number of nitrogens with zero attached hydrogens (tertiary/aromatic N) is 2. The zero-order valence-electron chi connectivity index (χ0n) is 5.46. The van der Waals surface area contributed by atoms with E-state index in [9.17, 15) is 0 Å². The Morgan fingerprint density at radius 2 is 2.27 bits per heavy atom. The highest BCUT2D eigenvalue weighted by Gasteiger charge is 1.97. The average Bonchev–Trinajstić information content (AvgIpc) is 2.27. The zero-order valence-corrected chi connectivity index (χ0v) is 6.27. The van der Waals surface area contributed by atoms with Crippen molar-refractivity contribution >= 4 is 29.3 Å². The molecule has 2 aromatic heterocycles. The maximum absolute atomic E-state index is 5.39. The Bertz CT molecular complexity index is 441. The lowest BCUT2D eigenvalue weighted by Gasteiger charge is -1.83. The topological polar surface area (TPSA) is 83.4 Å². The number of nitrogens with two attached hydrogens (primary N) is 1. The number of rotatable bonds is 0. The number of nitrogens with one attached hydrogen (secondary N) is 2. The van der Waals surface area contributed by atoms with Crippen molar-refractivity contribution in [3.8, 4) is 0 Å². The molecule has 0 atom stereocenters. The molecule has 0 aromatic carbocycles. The molecular formula is C5H5N5S. The van der Waals surface area contributed by atoms with E-state index in [1.165, 1.54) is 0 Å². The van der Waals surface area contributed by atoms with E-state index in [0.717, 1.165) is 5.52 Å². The fraction of sp³-hybridized carbons (Fsp3) is 0. The van der Waals surface area contributed by atoms with Crippen LogP contribution in [0.15, 0.2) is 6.20 Å². The number of nitrogen functional groups attached to an aromatic ring is 1. The summed E-state index contributed by atoms with van der Waals surface area (Å²) in [5.74, 6) is 0.360. The first-order chi connectivity index (χ1) is 5.25. The molecule has 0 saturated carbocycles. The summed E-state index contributed by atoms with van der Waals surface area (Å²) >= 11 is 4.79. The molecule has 4 N–H and O–H groups in total. The van der Waals surface area contributed by atoms with Crippen LogP contribution in [0, 0.1) is 4.77 Å². The molecule has 0 aliphatic rings. The van der Waals surface area contributed by atoms with Gasteiger partial charge in [0.1, 0.15) is 5.52 Å². The summed E-state index contributed by atoms with van der Waals surface area (Å²) < 4.78 is 0.406. The Hall–Kier alpha value is -1.43. The Labute approximate surface area is 66.7 Å². The molecule has 2 rings (SSSR count). The lowest BCUT2D eigenvalue weighted by molar-refractivity contribution is 1.17. The lowest BCUT2D eigenvalue weighted by atomic mass is 10.6. The third-order valence-electron chi connectivity index (χ3n) is 1.29. The molecule has 0 amide bonds. The van der Waals surface area contributed by atoms with Crippen molar-refractivity contribution < 1.29 is 0 Å². The fourth-order valence-electron chi connectivity index (χ4n) is 0.851. The van der Waals surface area contributed by atoms with E-state index in [-0.39, 0.29) is 0 Å². The van der Waals surface area contributed by atoms with Gasteiger partial charge < -0.3 is 15.7 Å². The van der Waals surface area contributed by atoms with Gasteiger partial charge >= 0.3 is 0 Å². The highest BCUT2D eigenvalue weighted by Crippen LogP contribution is 2.06. The van der Waals surface area contributed by atoms with Crippen LogP contribution in [-0.4, -0.2) is 19.9 Å². The number of aromatic amines is 2. The van der Waals surface area contributed by atoms with Crippen LogP contribution < -0.4 is 5.73 Å². The second-order valence-electron chi connectivity index (χ2n) is 2.07. The number of anilines is 1. The van der Waals surface area contributed by atoms with E-state index in [1.807, 2.05) is 0 Å². The van der Waals surface area contributed by atoms with Crippen LogP contribution in [0.5, 0.6) is 0 Å². The van der Waals surface area contributed by atoms with Crippen molar-refractivity contribution in [2.45, 2.75) is 0 Å². The monoisotopic (exact) mass is 167 g/mol. The van der Waals surface area contributed by atoms with Gasteiger partial charge in [-0.25, -0.2) is 4.98 Å². The number of hydrogen-bond acceptors (Lipinski definition) is 4. The second kappa shape index (κ2) is 2.03. The summed E-state index contributed by atoms with van der Waals surface area (Å²) in [6.07, 6.45) is 1.59. The molecule has 0 aliphatic heterocycles. The number of imidazole rings is 1. The van der Waals surface area contributed by atoms with E-state index in [2.05, 4.69) is 19.9 Å². The molecule has 11 heavy (non-hydrogen) atoms. The summed E-state index contributed by atoms with van der Waals surface area (Å²) in [6, 6.07) is 0. The summed E-state index contributed by atoms with van der Waals surface area (Å²) in [7, 11) is 0. The number of fused-ring (bicyclic) bond motifs is 1. The Balaban J connectivity index is 2.92. The average molecular weight is 167 g/mol. The van der Waals surface area contributed by atoms with Crippen molar-refractivity contribution in [3.63, 3.8) is 0 Å². The molecule has 6 heteroatoms. The van der Waals surface area contributed by atoms with Crippen molar-refractivity contribution in [1.82, 2.24) is 19.9 Å². The highest BCUT2D eigenvalue weighted by molar-refractivity contribution is 7.71. The molecule has 0 saturated heterocycles. The van der Waals surface area contributed by atoms with Gasteiger partial charge in [0.2, 0.25) is 0 Å². The van der Waals surface area contributed by atoms with Crippen molar-refractivity contribution in [2.24, 2.45) is 0 Å². The lowest BCUT2D eigenvalue weighted by Crippen LogP contribution is -1.84. The Morgan fingerprint density at radius 3 is 3.09 bits per heavy atom. The second-order valence-corrected chi connectivity index (χ2v) is 2.46. The van der Waals surface area contributed by atoms with E-state index in [0.29, 0.717) is 16.4 Å². The SMILES string of the molecule is Nc1nc2[nH]c(=S)ncc2[nH]1. The van der Waals surface area contributed by atoms with Crippen LogP contribution in [0.25, 0.3) is 11.2 Å². The van der Waals surface area contributed by atoms with Gasteiger partial charge in [0.25, 0.3) is 0 Å². The van der Waals surface area contributed by atoms with E-state index >= 15 is 0 Å². The minimum Gasteiger partial charge on any atom is -0.369 e. The largest absolute Gasteiger partial charge is 0.369 e. The minimum absolute atomic E-state index is 0.360. The van der Waals surface area contributed by atoms with Crippen LogP contribution in [-0.2, 0) is 0 Å². The van der Waals surface area contributed by atoms with Crippen LogP contribution in [0.3, 0.4) is 0 Å². The van der Waals surface area contributed by atoms with Gasteiger partial charge in [-0.05, 0) is 12.2 Å². The highest BCUT2D eigenvalue weighted by atomic mass is 32.1. The predicted molar refractivity (Wildman–Crippen MR) is 43.5 cm³/mol. The maximum Gasteiger partial charge on any atom is 0.200 e. The van der Waals surface area contributed by atoms with Gasteiger partial charge in [0.05, 0.1) is 6.20 Å². The normalized spacial score (nSPS) is 10.5. The molecule has 0 fully saturated rings. The van der Waals surface area contributed by atoms with E-state index < -0.39 is 0 Å².